The average Bonchev–Trinajstić information content (AvgIpc) is 2.93. The van der Waals surface area contributed by atoms with E-state index in [4.69, 9.17) is 11.6 Å². The summed E-state index contributed by atoms with van der Waals surface area (Å²) in [5.41, 5.74) is 0.975. The van der Waals surface area contributed by atoms with Gasteiger partial charge in [0.2, 0.25) is 5.91 Å². The SMILES string of the molecule is N#CC1C(=O)NC(c2sccc2Br)CC1c1ccc(Cl)cc1. The van der Waals surface area contributed by atoms with Crippen molar-refractivity contribution in [3.8, 4) is 6.07 Å². The Bertz CT molecular complexity index is 737. The molecule has 0 radical (unpaired) electrons. The molecular formula is C16H12BrClN2OS. The Morgan fingerprint density at radius 3 is 2.64 bits per heavy atom. The smallest absolute Gasteiger partial charge is 0.238 e. The van der Waals surface area contributed by atoms with Gasteiger partial charge in [-0.1, -0.05) is 23.7 Å². The first-order valence-corrected chi connectivity index (χ1v) is 8.83. The summed E-state index contributed by atoms with van der Waals surface area (Å²) in [6, 6.07) is 11.4. The standard InChI is InChI=1S/C16H12BrClN2OS/c17-13-5-6-22-15(13)14-7-11(12(8-19)16(21)20-14)9-1-3-10(18)4-2-9/h1-6,11-12,14H,7H2,(H,20,21). The molecule has 112 valence electrons. The van der Waals surface area contributed by atoms with Crippen LogP contribution in [0.2, 0.25) is 5.02 Å². The van der Waals surface area contributed by atoms with Crippen molar-refractivity contribution in [3.63, 3.8) is 0 Å². The fourth-order valence-electron chi connectivity index (χ4n) is 2.81. The molecule has 3 nitrogen and oxygen atoms in total. The molecule has 3 rings (SSSR count). The van der Waals surface area contributed by atoms with Gasteiger partial charge in [-0.3, -0.25) is 4.79 Å². The summed E-state index contributed by atoms with van der Waals surface area (Å²) in [5.74, 6) is -1.01. The lowest BCUT2D eigenvalue weighted by molar-refractivity contribution is -0.126. The van der Waals surface area contributed by atoms with Crippen LogP contribution in [0.3, 0.4) is 0 Å². The number of nitriles is 1. The number of hydrogen-bond donors (Lipinski definition) is 1. The molecule has 1 aromatic carbocycles. The number of carbonyl (C=O) groups excluding carboxylic acids is 1. The second-order valence-electron chi connectivity index (χ2n) is 5.19. The van der Waals surface area contributed by atoms with E-state index < -0.39 is 5.92 Å². The van der Waals surface area contributed by atoms with Crippen LogP contribution in [0.25, 0.3) is 0 Å². The minimum atomic E-state index is -0.670. The van der Waals surface area contributed by atoms with Gasteiger partial charge in [0.1, 0.15) is 5.92 Å². The van der Waals surface area contributed by atoms with Crippen LogP contribution < -0.4 is 5.32 Å². The highest BCUT2D eigenvalue weighted by Gasteiger charge is 2.38. The minimum Gasteiger partial charge on any atom is -0.347 e. The summed E-state index contributed by atoms with van der Waals surface area (Å²) in [4.78, 5) is 13.4. The first-order valence-electron chi connectivity index (χ1n) is 6.78. The maximum Gasteiger partial charge on any atom is 0.238 e. The fourth-order valence-corrected chi connectivity index (χ4v) is 4.65. The highest BCUT2D eigenvalue weighted by Crippen LogP contribution is 2.41. The van der Waals surface area contributed by atoms with Crippen LogP contribution in [-0.2, 0) is 4.79 Å². The van der Waals surface area contributed by atoms with Crippen molar-refractivity contribution >= 4 is 44.8 Å². The lowest BCUT2D eigenvalue weighted by Gasteiger charge is -2.33. The Balaban J connectivity index is 1.95. The molecule has 1 aliphatic rings. The first-order chi connectivity index (χ1) is 10.6. The molecule has 0 saturated carbocycles. The molecule has 0 spiro atoms. The van der Waals surface area contributed by atoms with Crippen LogP contribution in [0, 0.1) is 17.2 Å². The second kappa shape index (κ2) is 6.41. The van der Waals surface area contributed by atoms with Gasteiger partial charge < -0.3 is 5.32 Å². The molecular weight excluding hydrogens is 384 g/mol. The Labute approximate surface area is 146 Å². The van der Waals surface area contributed by atoms with Crippen molar-refractivity contribution in [2.75, 3.05) is 0 Å². The lowest BCUT2D eigenvalue weighted by Crippen LogP contribution is -2.42. The highest BCUT2D eigenvalue weighted by atomic mass is 79.9. The first kappa shape index (κ1) is 15.5. The molecule has 1 fully saturated rings. The van der Waals surface area contributed by atoms with Crippen molar-refractivity contribution in [3.05, 3.63) is 55.6 Å². The van der Waals surface area contributed by atoms with Crippen LogP contribution >= 0.6 is 38.9 Å². The van der Waals surface area contributed by atoms with Crippen molar-refractivity contribution in [2.45, 2.75) is 18.4 Å². The Kier molecular flexibility index (Phi) is 4.53. The summed E-state index contributed by atoms with van der Waals surface area (Å²) in [7, 11) is 0. The fraction of sp³-hybridized carbons (Fsp3) is 0.250. The number of halogens is 2. The van der Waals surface area contributed by atoms with Crippen LogP contribution in [0.15, 0.2) is 40.2 Å². The number of carbonyl (C=O) groups is 1. The van der Waals surface area contributed by atoms with Gasteiger partial charge in [-0.25, -0.2) is 0 Å². The quantitative estimate of drug-likeness (QED) is 0.805. The zero-order chi connectivity index (χ0) is 15.7. The second-order valence-corrected chi connectivity index (χ2v) is 7.43. The van der Waals surface area contributed by atoms with E-state index in [1.807, 2.05) is 23.6 Å². The van der Waals surface area contributed by atoms with Gasteiger partial charge in [-0.2, -0.15) is 5.26 Å². The van der Waals surface area contributed by atoms with Crippen LogP contribution in [0.5, 0.6) is 0 Å². The number of nitrogens with zero attached hydrogens (tertiary/aromatic N) is 1. The molecule has 1 amide bonds. The Morgan fingerprint density at radius 2 is 2.05 bits per heavy atom. The van der Waals surface area contributed by atoms with Gasteiger partial charge in [0.05, 0.1) is 12.1 Å². The van der Waals surface area contributed by atoms with Crippen LogP contribution in [0.4, 0.5) is 0 Å². The molecule has 0 bridgehead atoms. The maximum absolute atomic E-state index is 12.3. The molecule has 3 atom stereocenters. The van der Waals surface area contributed by atoms with Gasteiger partial charge in [-0.15, -0.1) is 11.3 Å². The summed E-state index contributed by atoms with van der Waals surface area (Å²) in [5, 5.41) is 15.0. The number of benzene rings is 1. The third-order valence-corrected chi connectivity index (χ3v) is 6.13. The van der Waals surface area contributed by atoms with E-state index in [9.17, 15) is 10.1 Å². The number of hydrogen-bond acceptors (Lipinski definition) is 3. The Hall–Kier alpha value is -1.35. The number of thiophene rings is 1. The zero-order valence-corrected chi connectivity index (χ0v) is 14.6. The molecule has 0 aliphatic carbocycles. The maximum atomic E-state index is 12.3. The van der Waals surface area contributed by atoms with Gasteiger partial charge >= 0.3 is 0 Å². The van der Waals surface area contributed by atoms with E-state index in [0.717, 1.165) is 14.9 Å². The highest BCUT2D eigenvalue weighted by molar-refractivity contribution is 9.10. The Morgan fingerprint density at radius 1 is 1.32 bits per heavy atom. The summed E-state index contributed by atoms with van der Waals surface area (Å²) >= 11 is 11.0. The monoisotopic (exact) mass is 394 g/mol. The molecule has 2 aromatic rings. The van der Waals surface area contributed by atoms with E-state index in [-0.39, 0.29) is 17.9 Å². The van der Waals surface area contributed by atoms with Crippen LogP contribution in [-0.4, -0.2) is 5.91 Å². The molecule has 1 aliphatic heterocycles. The van der Waals surface area contributed by atoms with Gasteiger partial charge in [0.15, 0.2) is 0 Å². The minimum absolute atomic E-state index is 0.0767. The van der Waals surface area contributed by atoms with E-state index >= 15 is 0 Å². The third-order valence-electron chi connectivity index (χ3n) is 3.89. The van der Waals surface area contributed by atoms with Crippen molar-refractivity contribution in [2.24, 2.45) is 5.92 Å². The topological polar surface area (TPSA) is 52.9 Å². The summed E-state index contributed by atoms with van der Waals surface area (Å²) < 4.78 is 0.994. The normalized spacial score (nSPS) is 24.6. The number of rotatable bonds is 2. The molecule has 6 heteroatoms. The van der Waals surface area contributed by atoms with Crippen LogP contribution in [0.1, 0.15) is 28.8 Å². The van der Waals surface area contributed by atoms with E-state index in [1.165, 1.54) is 0 Å². The number of amides is 1. The summed E-state index contributed by atoms with van der Waals surface area (Å²) in [6.45, 7) is 0. The predicted molar refractivity (Wildman–Crippen MR) is 90.8 cm³/mol. The molecule has 2 heterocycles. The van der Waals surface area contributed by atoms with E-state index in [1.54, 1.807) is 23.5 Å². The van der Waals surface area contributed by atoms with Gasteiger partial charge in [-0.05, 0) is 51.5 Å². The van der Waals surface area contributed by atoms with Crippen molar-refractivity contribution < 1.29 is 4.79 Å². The lowest BCUT2D eigenvalue weighted by atomic mass is 9.78. The van der Waals surface area contributed by atoms with Gasteiger partial charge in [0, 0.05) is 20.3 Å². The predicted octanol–water partition coefficient (Wildman–Crippen LogP) is 4.65. The number of piperidine rings is 1. The van der Waals surface area contributed by atoms with Crippen molar-refractivity contribution in [1.29, 1.82) is 5.26 Å². The molecule has 1 saturated heterocycles. The molecule has 22 heavy (non-hydrogen) atoms. The third kappa shape index (κ3) is 2.91. The molecule has 3 unspecified atom stereocenters. The van der Waals surface area contributed by atoms with E-state index in [0.29, 0.717) is 11.4 Å². The number of nitrogens with one attached hydrogen (secondary N) is 1. The molecule has 1 N–H and O–H groups in total. The van der Waals surface area contributed by atoms with E-state index in [2.05, 4.69) is 27.3 Å². The summed E-state index contributed by atoms with van der Waals surface area (Å²) in [6.07, 6.45) is 0.699. The zero-order valence-electron chi connectivity index (χ0n) is 11.4. The van der Waals surface area contributed by atoms with Crippen molar-refractivity contribution in [1.82, 2.24) is 5.32 Å². The largest absolute Gasteiger partial charge is 0.347 e. The molecule has 1 aromatic heterocycles. The van der Waals surface area contributed by atoms with Gasteiger partial charge in [0.25, 0.3) is 0 Å². The average molecular weight is 396 g/mol.